The van der Waals surface area contributed by atoms with E-state index >= 15 is 0 Å². The first-order chi connectivity index (χ1) is 20.8. The summed E-state index contributed by atoms with van der Waals surface area (Å²) in [5.41, 5.74) is 18.1. The number of aromatic amines is 1. The Morgan fingerprint density at radius 1 is 0.841 bits per heavy atom. The fraction of sp³-hybridized carbons (Fsp3) is 0.387. The van der Waals surface area contributed by atoms with Gasteiger partial charge in [0, 0.05) is 36.5 Å². The summed E-state index contributed by atoms with van der Waals surface area (Å²) in [7, 11) is 0. The highest BCUT2D eigenvalue weighted by Crippen LogP contribution is 2.19. The third-order valence-corrected chi connectivity index (χ3v) is 6.63. The number of aromatic nitrogens is 1. The van der Waals surface area contributed by atoms with Crippen molar-refractivity contribution in [2.24, 2.45) is 22.2 Å². The predicted octanol–water partition coefficient (Wildman–Crippen LogP) is 1.35. The van der Waals surface area contributed by atoms with E-state index in [0.29, 0.717) is 6.42 Å². The van der Waals surface area contributed by atoms with Crippen molar-refractivity contribution in [3.63, 3.8) is 0 Å². The van der Waals surface area contributed by atoms with Gasteiger partial charge in [-0.15, -0.1) is 0 Å². The molecule has 0 bridgehead atoms. The molecule has 1 heterocycles. The first-order valence-corrected chi connectivity index (χ1v) is 14.4. The zero-order chi connectivity index (χ0) is 32.3. The number of para-hydroxylation sites is 1. The van der Waals surface area contributed by atoms with Crippen molar-refractivity contribution in [1.29, 1.82) is 0 Å². The summed E-state index contributed by atoms with van der Waals surface area (Å²) < 4.78 is 5.35. The zero-order valence-electron chi connectivity index (χ0n) is 25.3. The standard InChI is InChI=1S/C31H42N8O5/c1-31(2,3)44-30(43)39-23(14-9-15-35-29(33)34)27(41)38-25(17-20-18-36-22-13-8-7-12-21(20)22)28(42)37-24(26(32)40)16-19-10-5-4-6-11-19/h4-8,10-13,18,23-25,36H,9,14-17H2,1-3H3,(H2,32,40)(H,37,42)(H,38,41)(H,39,43)(H4,33,34,35)/t23-,24-,25-/m0/s1. The number of nitrogens with two attached hydrogens (primary N) is 3. The summed E-state index contributed by atoms with van der Waals surface area (Å²) in [6.45, 7) is 5.33. The second kappa shape index (κ2) is 15.4. The van der Waals surface area contributed by atoms with E-state index in [0.717, 1.165) is 22.0 Å². The largest absolute Gasteiger partial charge is 0.444 e. The smallest absolute Gasteiger partial charge is 0.408 e. The van der Waals surface area contributed by atoms with Gasteiger partial charge in [0.05, 0.1) is 0 Å². The van der Waals surface area contributed by atoms with Crippen molar-refractivity contribution >= 4 is 40.7 Å². The maximum absolute atomic E-state index is 13.7. The second-order valence-electron chi connectivity index (χ2n) is 11.4. The van der Waals surface area contributed by atoms with Crippen LogP contribution in [-0.2, 0) is 32.0 Å². The summed E-state index contributed by atoms with van der Waals surface area (Å²) in [4.78, 5) is 59.4. The number of benzene rings is 2. The lowest BCUT2D eigenvalue weighted by molar-refractivity contribution is -0.132. The highest BCUT2D eigenvalue weighted by molar-refractivity contribution is 5.94. The summed E-state index contributed by atoms with van der Waals surface area (Å²) in [6, 6.07) is 13.4. The number of primary amides is 1. The van der Waals surface area contributed by atoms with Gasteiger partial charge in [0.1, 0.15) is 23.7 Å². The average molecular weight is 607 g/mol. The molecule has 10 N–H and O–H groups in total. The first-order valence-electron chi connectivity index (χ1n) is 14.4. The lowest BCUT2D eigenvalue weighted by Gasteiger charge is -2.26. The molecule has 0 fully saturated rings. The number of rotatable bonds is 14. The van der Waals surface area contributed by atoms with Crippen LogP contribution in [0.2, 0.25) is 0 Å². The van der Waals surface area contributed by atoms with E-state index < -0.39 is 47.5 Å². The molecule has 0 aliphatic carbocycles. The number of hydrogen-bond acceptors (Lipinski definition) is 6. The van der Waals surface area contributed by atoms with Crippen LogP contribution in [0.3, 0.4) is 0 Å². The Labute approximate surface area is 256 Å². The van der Waals surface area contributed by atoms with E-state index in [4.69, 9.17) is 21.9 Å². The van der Waals surface area contributed by atoms with Gasteiger partial charge in [0.15, 0.2) is 5.96 Å². The second-order valence-corrected chi connectivity index (χ2v) is 11.4. The monoisotopic (exact) mass is 606 g/mol. The van der Waals surface area contributed by atoms with Crippen LogP contribution in [0, 0.1) is 0 Å². The Balaban J connectivity index is 1.86. The number of guanidine groups is 1. The summed E-state index contributed by atoms with van der Waals surface area (Å²) in [6.07, 6.45) is 1.73. The maximum Gasteiger partial charge on any atom is 0.408 e. The van der Waals surface area contributed by atoms with Crippen LogP contribution in [0.5, 0.6) is 0 Å². The summed E-state index contributed by atoms with van der Waals surface area (Å²) >= 11 is 0. The number of carbonyl (C=O) groups excluding carboxylic acids is 4. The van der Waals surface area contributed by atoms with Crippen LogP contribution in [0.4, 0.5) is 4.79 Å². The van der Waals surface area contributed by atoms with Gasteiger partial charge in [0.25, 0.3) is 0 Å². The molecule has 3 aromatic rings. The molecular weight excluding hydrogens is 564 g/mol. The molecule has 0 aliphatic rings. The number of ether oxygens (including phenoxy) is 1. The highest BCUT2D eigenvalue weighted by Gasteiger charge is 2.31. The van der Waals surface area contributed by atoms with Crippen molar-refractivity contribution in [3.05, 3.63) is 71.9 Å². The van der Waals surface area contributed by atoms with Crippen molar-refractivity contribution in [1.82, 2.24) is 20.9 Å². The van der Waals surface area contributed by atoms with Gasteiger partial charge in [-0.05, 0) is 50.8 Å². The molecule has 0 spiro atoms. The van der Waals surface area contributed by atoms with Crippen molar-refractivity contribution in [2.75, 3.05) is 6.54 Å². The van der Waals surface area contributed by atoms with Crippen LogP contribution >= 0.6 is 0 Å². The Morgan fingerprint density at radius 3 is 2.14 bits per heavy atom. The van der Waals surface area contributed by atoms with E-state index in [1.807, 2.05) is 54.6 Å². The molecule has 2 aromatic carbocycles. The molecule has 1 aromatic heterocycles. The molecule has 0 unspecified atom stereocenters. The van der Waals surface area contributed by atoms with E-state index in [9.17, 15) is 19.2 Å². The highest BCUT2D eigenvalue weighted by atomic mass is 16.6. The van der Waals surface area contributed by atoms with Gasteiger partial charge >= 0.3 is 6.09 Å². The lowest BCUT2D eigenvalue weighted by atomic mass is 10.0. The number of carbonyl (C=O) groups is 4. The molecule has 13 nitrogen and oxygen atoms in total. The van der Waals surface area contributed by atoms with E-state index in [-0.39, 0.29) is 31.8 Å². The van der Waals surface area contributed by atoms with Crippen molar-refractivity contribution < 1.29 is 23.9 Å². The van der Waals surface area contributed by atoms with Gasteiger partial charge in [-0.25, -0.2) is 4.79 Å². The number of amides is 4. The van der Waals surface area contributed by atoms with Crippen LogP contribution in [0.1, 0.15) is 44.7 Å². The van der Waals surface area contributed by atoms with Crippen LogP contribution in [0.15, 0.2) is 65.8 Å². The number of nitrogens with zero attached hydrogens (tertiary/aromatic N) is 1. The third kappa shape index (κ3) is 10.6. The number of H-pyrrole nitrogens is 1. The van der Waals surface area contributed by atoms with E-state index in [1.54, 1.807) is 27.0 Å². The minimum atomic E-state index is -1.13. The normalized spacial score (nSPS) is 13.2. The van der Waals surface area contributed by atoms with Gasteiger partial charge in [-0.1, -0.05) is 48.5 Å². The van der Waals surface area contributed by atoms with Gasteiger partial charge in [0.2, 0.25) is 17.7 Å². The molecule has 44 heavy (non-hydrogen) atoms. The molecule has 13 heteroatoms. The molecule has 0 saturated heterocycles. The fourth-order valence-corrected chi connectivity index (χ4v) is 4.57. The van der Waals surface area contributed by atoms with Crippen LogP contribution in [-0.4, -0.2) is 65.0 Å². The molecule has 0 aliphatic heterocycles. The van der Waals surface area contributed by atoms with Crippen LogP contribution in [0.25, 0.3) is 10.9 Å². The third-order valence-electron chi connectivity index (χ3n) is 6.63. The minimum Gasteiger partial charge on any atom is -0.444 e. The number of fused-ring (bicyclic) bond motifs is 1. The Morgan fingerprint density at radius 2 is 1.48 bits per heavy atom. The molecular formula is C31H42N8O5. The number of alkyl carbamates (subject to hydrolysis) is 1. The van der Waals surface area contributed by atoms with E-state index in [2.05, 4.69) is 25.9 Å². The topological polar surface area (TPSA) is 220 Å². The SMILES string of the molecule is CC(C)(C)OC(=O)N[C@@H](CCCN=C(N)N)C(=O)N[C@@H](Cc1c[nH]c2ccccc12)C(=O)N[C@@H](Cc1ccccc1)C(N)=O. The van der Waals surface area contributed by atoms with Gasteiger partial charge < -0.3 is 42.9 Å². The zero-order valence-corrected chi connectivity index (χ0v) is 25.3. The number of nitrogens with one attached hydrogen (secondary N) is 4. The summed E-state index contributed by atoms with van der Waals surface area (Å²) in [5.74, 6) is -2.05. The van der Waals surface area contributed by atoms with E-state index in [1.165, 1.54) is 0 Å². The quantitative estimate of drug-likeness (QED) is 0.0810. The Hall–Kier alpha value is -5.07. The van der Waals surface area contributed by atoms with Gasteiger partial charge in [-0.3, -0.25) is 19.4 Å². The molecule has 236 valence electrons. The fourth-order valence-electron chi connectivity index (χ4n) is 4.57. The maximum atomic E-state index is 13.7. The summed E-state index contributed by atoms with van der Waals surface area (Å²) in [5, 5.41) is 8.94. The number of hydrogen-bond donors (Lipinski definition) is 7. The minimum absolute atomic E-state index is 0.0889. The molecule has 3 atom stereocenters. The number of aliphatic imine (C=N–C) groups is 1. The van der Waals surface area contributed by atoms with Crippen molar-refractivity contribution in [2.45, 2.75) is 70.2 Å². The average Bonchev–Trinajstić information content (AvgIpc) is 3.36. The molecule has 4 amide bonds. The van der Waals surface area contributed by atoms with Crippen molar-refractivity contribution in [3.8, 4) is 0 Å². The first kappa shape index (κ1) is 33.4. The van der Waals surface area contributed by atoms with Gasteiger partial charge in [-0.2, -0.15) is 0 Å². The molecule has 0 saturated carbocycles. The Kier molecular flexibility index (Phi) is 11.7. The molecule has 0 radical (unpaired) electrons. The lowest BCUT2D eigenvalue weighted by Crippen LogP contribution is -2.57. The molecule has 3 rings (SSSR count). The predicted molar refractivity (Wildman–Crippen MR) is 168 cm³/mol. The van der Waals surface area contributed by atoms with Crippen LogP contribution < -0.4 is 33.2 Å². The Bertz CT molecular complexity index is 1460.